The molecule has 22 heavy (non-hydrogen) atoms. The van der Waals surface area contributed by atoms with Crippen LogP contribution in [0.4, 0.5) is 4.39 Å². The summed E-state index contributed by atoms with van der Waals surface area (Å²) in [5.74, 6) is 0.361. The van der Waals surface area contributed by atoms with Crippen molar-refractivity contribution in [2.45, 2.75) is 69.5 Å². The largest absolute Gasteiger partial charge is 0.361 e. The molecule has 6 heteroatoms. The highest BCUT2D eigenvalue weighted by molar-refractivity contribution is 5.25. The van der Waals surface area contributed by atoms with Gasteiger partial charge in [0, 0.05) is 37.4 Å². The number of alkyl halides is 1. The van der Waals surface area contributed by atoms with Gasteiger partial charge in [-0.2, -0.15) is 0 Å². The van der Waals surface area contributed by atoms with Crippen LogP contribution in [-0.4, -0.2) is 36.4 Å². The van der Waals surface area contributed by atoms with E-state index >= 15 is 0 Å². The standard InChI is InChI=1S/C16H23FN2O3/c17-12-9-16(20-7-8-21-16)6-5-13(12)18-10-14-11-3-1-2-4-15(11)22-19-14/h12-13,18H,1-10H2/t12-,13-/m1/s1. The quantitative estimate of drug-likeness (QED) is 0.928. The predicted octanol–water partition coefficient (Wildman–Crippen LogP) is 2.28. The highest BCUT2D eigenvalue weighted by atomic mass is 19.1. The Morgan fingerprint density at radius 2 is 2.05 bits per heavy atom. The predicted molar refractivity (Wildman–Crippen MR) is 77.2 cm³/mol. The topological polar surface area (TPSA) is 56.5 Å². The van der Waals surface area contributed by atoms with Crippen molar-refractivity contribution in [1.82, 2.24) is 10.5 Å². The third-order valence-corrected chi connectivity index (χ3v) is 5.16. The van der Waals surface area contributed by atoms with Crippen LogP contribution in [-0.2, 0) is 28.9 Å². The fourth-order valence-electron chi connectivity index (χ4n) is 3.90. The number of rotatable bonds is 3. The van der Waals surface area contributed by atoms with Gasteiger partial charge >= 0.3 is 0 Å². The van der Waals surface area contributed by atoms with Crippen LogP contribution in [0, 0.1) is 0 Å². The molecule has 122 valence electrons. The van der Waals surface area contributed by atoms with Crippen molar-refractivity contribution in [3.05, 3.63) is 17.0 Å². The first-order chi connectivity index (χ1) is 10.8. The maximum absolute atomic E-state index is 14.4. The molecule has 3 aliphatic rings. The molecule has 1 saturated heterocycles. The number of halogens is 1. The summed E-state index contributed by atoms with van der Waals surface area (Å²) in [6.07, 6.45) is 5.22. The van der Waals surface area contributed by atoms with Crippen LogP contribution in [0.15, 0.2) is 4.52 Å². The minimum atomic E-state index is -0.949. The molecule has 0 bridgehead atoms. The van der Waals surface area contributed by atoms with E-state index in [1.54, 1.807) is 0 Å². The molecule has 2 fully saturated rings. The first kappa shape index (κ1) is 14.6. The molecule has 0 radical (unpaired) electrons. The number of ether oxygens (including phenoxy) is 2. The van der Waals surface area contributed by atoms with Gasteiger partial charge in [-0.05, 0) is 25.7 Å². The molecule has 1 N–H and O–H groups in total. The second kappa shape index (κ2) is 5.91. The summed E-state index contributed by atoms with van der Waals surface area (Å²) in [5.41, 5.74) is 2.19. The van der Waals surface area contributed by atoms with Gasteiger partial charge in [-0.25, -0.2) is 4.39 Å². The first-order valence-corrected chi connectivity index (χ1v) is 8.37. The molecule has 5 nitrogen and oxygen atoms in total. The SMILES string of the molecule is F[C@@H]1CC2(CC[C@H]1NCc1noc3c1CCCC3)OCCO2. The van der Waals surface area contributed by atoms with Crippen LogP contribution in [0.3, 0.4) is 0 Å². The smallest absolute Gasteiger partial charge is 0.171 e. The molecule has 2 aliphatic carbocycles. The lowest BCUT2D eigenvalue weighted by Gasteiger charge is -2.37. The molecule has 1 aliphatic heterocycles. The van der Waals surface area contributed by atoms with Crippen molar-refractivity contribution in [3.63, 3.8) is 0 Å². The molecule has 0 aromatic carbocycles. The summed E-state index contributed by atoms with van der Waals surface area (Å²) in [5, 5.41) is 7.49. The average Bonchev–Trinajstić information content (AvgIpc) is 3.14. The molecule has 4 rings (SSSR count). The van der Waals surface area contributed by atoms with Crippen LogP contribution in [0.2, 0.25) is 0 Å². The van der Waals surface area contributed by atoms with Crippen molar-refractivity contribution in [3.8, 4) is 0 Å². The van der Waals surface area contributed by atoms with E-state index in [9.17, 15) is 4.39 Å². The average molecular weight is 310 g/mol. The summed E-state index contributed by atoms with van der Waals surface area (Å²) in [4.78, 5) is 0. The fraction of sp³-hybridized carbons (Fsp3) is 0.812. The Morgan fingerprint density at radius 1 is 1.23 bits per heavy atom. The van der Waals surface area contributed by atoms with Crippen molar-refractivity contribution in [2.75, 3.05) is 13.2 Å². The van der Waals surface area contributed by atoms with Crippen LogP contribution in [0.5, 0.6) is 0 Å². The number of nitrogens with zero attached hydrogens (tertiary/aromatic N) is 1. The van der Waals surface area contributed by atoms with E-state index in [4.69, 9.17) is 14.0 Å². The summed E-state index contributed by atoms with van der Waals surface area (Å²) >= 11 is 0. The van der Waals surface area contributed by atoms with Gasteiger partial charge in [0.2, 0.25) is 0 Å². The number of fused-ring (bicyclic) bond motifs is 1. The Morgan fingerprint density at radius 3 is 2.86 bits per heavy atom. The highest BCUT2D eigenvalue weighted by Crippen LogP contribution is 2.37. The third kappa shape index (κ3) is 2.68. The lowest BCUT2D eigenvalue weighted by atomic mass is 9.88. The Kier molecular flexibility index (Phi) is 3.92. The molecule has 1 saturated carbocycles. The molecular weight excluding hydrogens is 287 g/mol. The zero-order chi connectivity index (χ0) is 15.0. The Hall–Kier alpha value is -0.980. The van der Waals surface area contributed by atoms with E-state index in [1.807, 2.05) is 0 Å². The minimum Gasteiger partial charge on any atom is -0.361 e. The monoisotopic (exact) mass is 310 g/mol. The van der Waals surface area contributed by atoms with E-state index in [2.05, 4.69) is 10.5 Å². The summed E-state index contributed by atoms with van der Waals surface area (Å²) < 4.78 is 31.1. The molecule has 2 atom stereocenters. The van der Waals surface area contributed by atoms with Gasteiger partial charge in [-0.15, -0.1) is 0 Å². The number of hydrogen-bond donors (Lipinski definition) is 1. The van der Waals surface area contributed by atoms with Gasteiger partial charge in [0.05, 0.1) is 13.2 Å². The molecule has 0 unspecified atom stereocenters. The number of aryl methyl sites for hydroxylation is 1. The second-order valence-electron chi connectivity index (χ2n) is 6.59. The zero-order valence-electron chi connectivity index (χ0n) is 12.8. The summed E-state index contributed by atoms with van der Waals surface area (Å²) in [6, 6.07) is -0.158. The fourth-order valence-corrected chi connectivity index (χ4v) is 3.90. The number of nitrogens with one attached hydrogen (secondary N) is 1. The van der Waals surface area contributed by atoms with Gasteiger partial charge in [0.1, 0.15) is 17.6 Å². The van der Waals surface area contributed by atoms with E-state index in [0.29, 0.717) is 26.2 Å². The van der Waals surface area contributed by atoms with Gasteiger partial charge < -0.3 is 19.3 Å². The van der Waals surface area contributed by atoms with E-state index < -0.39 is 12.0 Å². The normalized spacial score (nSPS) is 30.6. The maximum Gasteiger partial charge on any atom is 0.171 e. The van der Waals surface area contributed by atoms with Crippen LogP contribution < -0.4 is 5.32 Å². The second-order valence-corrected chi connectivity index (χ2v) is 6.59. The Labute approximate surface area is 129 Å². The molecule has 2 heterocycles. The summed E-state index contributed by atoms with van der Waals surface area (Å²) in [6.45, 7) is 1.74. The van der Waals surface area contributed by atoms with Gasteiger partial charge in [0.15, 0.2) is 5.79 Å². The van der Waals surface area contributed by atoms with E-state index in [1.165, 1.54) is 18.4 Å². The molecule has 0 amide bonds. The zero-order valence-corrected chi connectivity index (χ0v) is 12.8. The van der Waals surface area contributed by atoms with Crippen molar-refractivity contribution in [2.24, 2.45) is 0 Å². The lowest BCUT2D eigenvalue weighted by molar-refractivity contribution is -0.192. The van der Waals surface area contributed by atoms with Crippen molar-refractivity contribution in [1.29, 1.82) is 0 Å². The molecule has 1 aromatic rings. The first-order valence-electron chi connectivity index (χ1n) is 8.37. The number of hydrogen-bond acceptors (Lipinski definition) is 5. The van der Waals surface area contributed by atoms with Gasteiger partial charge in [-0.3, -0.25) is 0 Å². The maximum atomic E-state index is 14.4. The Bertz CT molecular complexity index is 527. The van der Waals surface area contributed by atoms with E-state index in [-0.39, 0.29) is 6.04 Å². The summed E-state index contributed by atoms with van der Waals surface area (Å²) in [7, 11) is 0. The molecule has 1 aromatic heterocycles. The van der Waals surface area contributed by atoms with Gasteiger partial charge in [-0.1, -0.05) is 5.16 Å². The van der Waals surface area contributed by atoms with Crippen LogP contribution in [0.25, 0.3) is 0 Å². The third-order valence-electron chi connectivity index (χ3n) is 5.16. The van der Waals surface area contributed by atoms with Crippen molar-refractivity contribution >= 4 is 0 Å². The Balaban J connectivity index is 1.35. The molecular formula is C16H23FN2O3. The molecule has 1 spiro atoms. The minimum absolute atomic E-state index is 0.158. The van der Waals surface area contributed by atoms with Crippen LogP contribution >= 0.6 is 0 Å². The van der Waals surface area contributed by atoms with Crippen molar-refractivity contribution < 1.29 is 18.4 Å². The number of aromatic nitrogens is 1. The van der Waals surface area contributed by atoms with E-state index in [0.717, 1.165) is 37.1 Å². The van der Waals surface area contributed by atoms with Crippen LogP contribution in [0.1, 0.15) is 49.1 Å². The van der Waals surface area contributed by atoms with Gasteiger partial charge in [0.25, 0.3) is 0 Å². The highest BCUT2D eigenvalue weighted by Gasteiger charge is 2.45. The lowest BCUT2D eigenvalue weighted by Crippen LogP contribution is -2.49.